The fourth-order valence-electron chi connectivity index (χ4n) is 4.54. The molecule has 36 heavy (non-hydrogen) atoms. The highest BCUT2D eigenvalue weighted by molar-refractivity contribution is 6.35. The second-order valence-corrected chi connectivity index (χ2v) is 9.99. The van der Waals surface area contributed by atoms with Crippen LogP contribution >= 0.6 is 11.6 Å². The van der Waals surface area contributed by atoms with E-state index in [1.54, 1.807) is 17.0 Å². The lowest BCUT2D eigenvalue weighted by atomic mass is 10.0. The summed E-state index contributed by atoms with van der Waals surface area (Å²) in [7, 11) is 0. The second kappa shape index (κ2) is 9.69. The number of rotatable bonds is 5. The monoisotopic (exact) mass is 507 g/mol. The van der Waals surface area contributed by atoms with Crippen molar-refractivity contribution in [2.24, 2.45) is 11.5 Å². The predicted octanol–water partition coefficient (Wildman–Crippen LogP) is 4.09. The zero-order chi connectivity index (χ0) is 25.4. The number of carbonyl (C=O) groups is 2. The first-order chi connectivity index (χ1) is 17.3. The van der Waals surface area contributed by atoms with Gasteiger partial charge in [0.2, 0.25) is 0 Å². The van der Waals surface area contributed by atoms with Crippen LogP contribution in [0.25, 0.3) is 22.2 Å². The number of halogens is 1. The molecular formula is C27H30ClN5O3. The Hall–Kier alpha value is -3.20. The minimum atomic E-state index is -0.627. The summed E-state index contributed by atoms with van der Waals surface area (Å²) in [5, 5.41) is 1.34. The van der Waals surface area contributed by atoms with E-state index in [4.69, 9.17) is 32.8 Å². The molecule has 1 aliphatic heterocycles. The summed E-state index contributed by atoms with van der Waals surface area (Å²) in [4.78, 5) is 33.4. The van der Waals surface area contributed by atoms with Gasteiger partial charge in [0.1, 0.15) is 6.17 Å². The van der Waals surface area contributed by atoms with Crippen LogP contribution in [0.5, 0.6) is 0 Å². The molecular weight excluding hydrogens is 478 g/mol. The maximum Gasteiger partial charge on any atom is 0.411 e. The Labute approximate surface area is 215 Å². The van der Waals surface area contributed by atoms with Gasteiger partial charge >= 0.3 is 6.09 Å². The number of pyridine rings is 1. The van der Waals surface area contributed by atoms with Crippen LogP contribution in [-0.4, -0.2) is 59.2 Å². The number of amides is 2. The van der Waals surface area contributed by atoms with Gasteiger partial charge in [0.05, 0.1) is 29.4 Å². The van der Waals surface area contributed by atoms with Crippen molar-refractivity contribution in [2.45, 2.75) is 37.9 Å². The van der Waals surface area contributed by atoms with Crippen molar-refractivity contribution in [1.29, 1.82) is 0 Å². The van der Waals surface area contributed by atoms with Gasteiger partial charge in [-0.15, -0.1) is 0 Å². The maximum atomic E-state index is 13.3. The summed E-state index contributed by atoms with van der Waals surface area (Å²) in [5.41, 5.74) is 16.2. The Balaban J connectivity index is 1.35. The number of piperazine rings is 1. The Bertz CT molecular complexity index is 1310. The molecule has 1 aromatic heterocycles. The van der Waals surface area contributed by atoms with Gasteiger partial charge in [0.25, 0.3) is 5.91 Å². The van der Waals surface area contributed by atoms with E-state index in [-0.39, 0.29) is 18.0 Å². The molecule has 0 spiro atoms. The zero-order valence-electron chi connectivity index (χ0n) is 20.2. The van der Waals surface area contributed by atoms with Crippen LogP contribution in [-0.2, 0) is 10.3 Å². The van der Waals surface area contributed by atoms with Crippen LogP contribution in [0.1, 0.15) is 42.1 Å². The molecule has 2 aromatic carbocycles. The fourth-order valence-corrected chi connectivity index (χ4v) is 4.80. The maximum absolute atomic E-state index is 13.3. The zero-order valence-corrected chi connectivity index (χ0v) is 21.0. The lowest BCUT2D eigenvalue weighted by molar-refractivity contribution is 0.0390. The molecule has 5 rings (SSSR count). The molecule has 9 heteroatoms. The lowest BCUT2D eigenvalue weighted by Gasteiger charge is -2.38. The van der Waals surface area contributed by atoms with Crippen molar-refractivity contribution < 1.29 is 14.3 Å². The standard InChI is InChI=1S/C27H30ClN5O3/c1-2-13-36-26(35)33-12-11-32(16-24(33)29)25(34)18-5-8-20-21(28)15-22(31-23(20)14-18)17-3-6-19(7-4-17)27(30)9-10-27/h3-8,14-15,24H,2,9-13,16,29-30H2,1H3/t24-/m0/s1. The summed E-state index contributed by atoms with van der Waals surface area (Å²) in [6.45, 7) is 3.18. The SMILES string of the molecule is CCCOC(=O)N1CCN(C(=O)c2ccc3c(Cl)cc(-c4ccc(C5(N)CC5)cc4)nc3c2)C[C@H]1N. The van der Waals surface area contributed by atoms with Gasteiger partial charge in [0.15, 0.2) is 0 Å². The molecule has 0 radical (unpaired) electrons. The number of ether oxygens (including phenoxy) is 1. The third-order valence-electron chi connectivity index (χ3n) is 6.92. The first-order valence-corrected chi connectivity index (χ1v) is 12.7. The average Bonchev–Trinajstić information content (AvgIpc) is 3.64. The molecule has 1 aliphatic carbocycles. The quantitative estimate of drug-likeness (QED) is 0.537. The summed E-state index contributed by atoms with van der Waals surface area (Å²) in [6.07, 6.45) is 1.68. The third kappa shape index (κ3) is 4.76. The average molecular weight is 508 g/mol. The van der Waals surface area contributed by atoms with Crippen molar-refractivity contribution in [1.82, 2.24) is 14.8 Å². The molecule has 188 valence electrons. The van der Waals surface area contributed by atoms with Crippen molar-refractivity contribution in [3.8, 4) is 11.3 Å². The van der Waals surface area contributed by atoms with E-state index in [1.165, 1.54) is 4.90 Å². The molecule has 3 aromatic rings. The molecule has 0 unspecified atom stereocenters. The number of fused-ring (bicyclic) bond motifs is 1. The van der Waals surface area contributed by atoms with Gasteiger partial charge in [-0.2, -0.15) is 0 Å². The number of nitrogens with zero attached hydrogens (tertiary/aromatic N) is 3. The Morgan fingerprint density at radius 3 is 2.56 bits per heavy atom. The summed E-state index contributed by atoms with van der Waals surface area (Å²) in [6, 6.07) is 15.3. The molecule has 1 saturated carbocycles. The van der Waals surface area contributed by atoms with E-state index in [0.29, 0.717) is 35.8 Å². The lowest BCUT2D eigenvalue weighted by Crippen LogP contribution is -2.60. The molecule has 0 bridgehead atoms. The Morgan fingerprint density at radius 1 is 1.14 bits per heavy atom. The molecule has 1 saturated heterocycles. The molecule has 2 heterocycles. The van der Waals surface area contributed by atoms with Gasteiger partial charge in [-0.05, 0) is 43.0 Å². The number of aromatic nitrogens is 1. The van der Waals surface area contributed by atoms with Crippen LogP contribution in [0.3, 0.4) is 0 Å². The van der Waals surface area contributed by atoms with Crippen molar-refractivity contribution in [3.63, 3.8) is 0 Å². The smallest absolute Gasteiger partial charge is 0.411 e. The topological polar surface area (TPSA) is 115 Å². The summed E-state index contributed by atoms with van der Waals surface area (Å²) < 4.78 is 5.19. The number of hydrogen-bond donors (Lipinski definition) is 2. The van der Waals surface area contributed by atoms with Gasteiger partial charge < -0.3 is 21.1 Å². The van der Waals surface area contributed by atoms with E-state index in [0.717, 1.165) is 41.5 Å². The highest BCUT2D eigenvalue weighted by Crippen LogP contribution is 2.43. The van der Waals surface area contributed by atoms with Crippen LogP contribution in [0, 0.1) is 0 Å². The first-order valence-electron chi connectivity index (χ1n) is 12.3. The first kappa shape index (κ1) is 24.5. The number of carbonyl (C=O) groups excluding carboxylic acids is 2. The largest absolute Gasteiger partial charge is 0.449 e. The molecule has 1 atom stereocenters. The van der Waals surface area contributed by atoms with Gasteiger partial charge in [-0.25, -0.2) is 9.78 Å². The molecule has 2 amide bonds. The third-order valence-corrected chi connectivity index (χ3v) is 7.23. The summed E-state index contributed by atoms with van der Waals surface area (Å²) in [5.74, 6) is -0.167. The Morgan fingerprint density at radius 2 is 1.89 bits per heavy atom. The van der Waals surface area contributed by atoms with Crippen LogP contribution in [0.2, 0.25) is 5.02 Å². The van der Waals surface area contributed by atoms with E-state index < -0.39 is 12.3 Å². The van der Waals surface area contributed by atoms with E-state index in [2.05, 4.69) is 0 Å². The summed E-state index contributed by atoms with van der Waals surface area (Å²) >= 11 is 6.59. The van der Waals surface area contributed by atoms with Gasteiger partial charge in [-0.1, -0.05) is 48.9 Å². The fraction of sp³-hybridized carbons (Fsp3) is 0.370. The highest BCUT2D eigenvalue weighted by atomic mass is 35.5. The van der Waals surface area contributed by atoms with Crippen molar-refractivity contribution in [3.05, 3.63) is 64.7 Å². The van der Waals surface area contributed by atoms with Crippen LogP contribution in [0.4, 0.5) is 4.79 Å². The van der Waals surface area contributed by atoms with Gasteiger partial charge in [-0.3, -0.25) is 9.69 Å². The highest BCUT2D eigenvalue weighted by Gasteiger charge is 2.39. The van der Waals surface area contributed by atoms with Crippen molar-refractivity contribution in [2.75, 3.05) is 26.2 Å². The van der Waals surface area contributed by atoms with Crippen LogP contribution in [0.15, 0.2) is 48.5 Å². The number of hydrogen-bond acceptors (Lipinski definition) is 6. The molecule has 2 aliphatic rings. The number of benzene rings is 2. The molecule has 2 fully saturated rings. The van der Waals surface area contributed by atoms with E-state index in [9.17, 15) is 9.59 Å². The molecule has 8 nitrogen and oxygen atoms in total. The van der Waals surface area contributed by atoms with Crippen molar-refractivity contribution >= 4 is 34.5 Å². The minimum absolute atomic E-state index is 0.167. The minimum Gasteiger partial charge on any atom is -0.449 e. The Kier molecular flexibility index (Phi) is 6.59. The number of nitrogens with two attached hydrogens (primary N) is 2. The van der Waals surface area contributed by atoms with E-state index >= 15 is 0 Å². The normalized spacial score (nSPS) is 18.8. The second-order valence-electron chi connectivity index (χ2n) is 9.58. The molecule has 4 N–H and O–H groups in total. The van der Waals surface area contributed by atoms with Crippen LogP contribution < -0.4 is 11.5 Å². The van der Waals surface area contributed by atoms with Gasteiger partial charge in [0, 0.05) is 35.1 Å². The van der Waals surface area contributed by atoms with E-state index in [1.807, 2.05) is 43.3 Å². The predicted molar refractivity (Wildman–Crippen MR) is 140 cm³/mol.